The molecule has 0 amide bonds. The molecule has 0 aromatic carbocycles. The molecule has 1 aliphatic carbocycles. The van der Waals surface area contributed by atoms with Gasteiger partial charge in [-0.15, -0.1) is 0 Å². The van der Waals surface area contributed by atoms with E-state index in [1.165, 1.54) is 4.31 Å². The van der Waals surface area contributed by atoms with E-state index >= 15 is 0 Å². The minimum atomic E-state index is -5.08. The van der Waals surface area contributed by atoms with Crippen molar-refractivity contribution in [2.75, 3.05) is 19.6 Å². The van der Waals surface area contributed by atoms with E-state index in [9.17, 15) is 21.6 Å². The first kappa shape index (κ1) is 20.1. The normalized spacial score (nSPS) is 20.4. The molecule has 1 heterocycles. The fourth-order valence-corrected chi connectivity index (χ4v) is 3.69. The second kappa shape index (κ2) is 7.32. The molecule has 0 unspecified atom stereocenters. The number of carboxylic acids is 1. The zero-order valence-corrected chi connectivity index (χ0v) is 13.6. The molecule has 2 fully saturated rings. The van der Waals surface area contributed by atoms with Crippen LogP contribution in [0.15, 0.2) is 0 Å². The summed E-state index contributed by atoms with van der Waals surface area (Å²) >= 11 is 0. The van der Waals surface area contributed by atoms with Gasteiger partial charge in [-0.1, -0.05) is 13.3 Å². The van der Waals surface area contributed by atoms with Gasteiger partial charge in [-0.2, -0.15) is 25.9 Å². The molecule has 1 saturated heterocycles. The van der Waals surface area contributed by atoms with Gasteiger partial charge in [0.2, 0.25) is 0 Å². The summed E-state index contributed by atoms with van der Waals surface area (Å²) < 4.78 is 56.2. The quantitative estimate of drug-likeness (QED) is 0.666. The summed E-state index contributed by atoms with van der Waals surface area (Å²) in [4.78, 5) is 8.90. The summed E-state index contributed by atoms with van der Waals surface area (Å²) in [7, 11) is -3.52. The van der Waals surface area contributed by atoms with E-state index in [1.54, 1.807) is 0 Å². The van der Waals surface area contributed by atoms with Gasteiger partial charge in [-0.05, 0) is 24.7 Å². The van der Waals surface area contributed by atoms with Gasteiger partial charge in [0, 0.05) is 25.7 Å². The number of nitrogens with zero attached hydrogens (tertiary/aromatic N) is 1. The highest BCUT2D eigenvalue weighted by Gasteiger charge is 2.51. The van der Waals surface area contributed by atoms with Crippen LogP contribution in [0, 0.1) is 5.41 Å². The standard InChI is InChI=1S/C10H21N3O2S.C2HF3O2/c1-2-3-4-13(16(11,14)15)9-5-10(6-9)7-12-8-10;3-2(4,5)1(6)7/h9,12H,2-8H2,1H3,(H2,11,14,15);(H,6,7). The zero-order valence-electron chi connectivity index (χ0n) is 12.8. The molecule has 0 aromatic rings. The second-order valence-corrected chi connectivity index (χ2v) is 7.48. The predicted molar refractivity (Wildman–Crippen MR) is 76.7 cm³/mol. The molecule has 0 bridgehead atoms. The highest BCUT2D eigenvalue weighted by Crippen LogP contribution is 2.46. The van der Waals surface area contributed by atoms with Gasteiger partial charge in [0.05, 0.1) is 0 Å². The lowest BCUT2D eigenvalue weighted by Crippen LogP contribution is -2.66. The van der Waals surface area contributed by atoms with E-state index in [4.69, 9.17) is 15.0 Å². The fraction of sp³-hybridized carbons (Fsp3) is 0.917. The first-order valence-corrected chi connectivity index (χ1v) is 8.72. The third kappa shape index (κ3) is 5.59. The molecule has 0 radical (unpaired) electrons. The molecule has 2 rings (SSSR count). The van der Waals surface area contributed by atoms with Crippen molar-refractivity contribution in [2.24, 2.45) is 10.6 Å². The van der Waals surface area contributed by atoms with Gasteiger partial charge in [-0.25, -0.2) is 9.93 Å². The largest absolute Gasteiger partial charge is 0.490 e. The first-order chi connectivity index (χ1) is 10.4. The van der Waals surface area contributed by atoms with Crippen molar-refractivity contribution < 1.29 is 31.5 Å². The van der Waals surface area contributed by atoms with E-state index in [-0.39, 0.29) is 6.04 Å². The average Bonchev–Trinajstić information content (AvgIpc) is 2.27. The molecular weight excluding hydrogens is 339 g/mol. The monoisotopic (exact) mass is 361 g/mol. The van der Waals surface area contributed by atoms with Crippen LogP contribution in [0.2, 0.25) is 0 Å². The molecule has 1 saturated carbocycles. The Morgan fingerprint density at radius 2 is 1.87 bits per heavy atom. The Labute approximate surface area is 133 Å². The molecule has 136 valence electrons. The van der Waals surface area contributed by atoms with Crippen LogP contribution in [-0.2, 0) is 15.0 Å². The molecule has 7 nitrogen and oxygen atoms in total. The van der Waals surface area contributed by atoms with Crippen LogP contribution in [0.1, 0.15) is 32.6 Å². The minimum Gasteiger partial charge on any atom is -0.475 e. The number of carboxylic acid groups (broad SMARTS) is 1. The third-order valence-electron chi connectivity index (χ3n) is 4.05. The van der Waals surface area contributed by atoms with Gasteiger partial charge in [0.1, 0.15) is 0 Å². The molecule has 1 spiro atoms. The second-order valence-electron chi connectivity index (χ2n) is 5.98. The number of carbonyl (C=O) groups is 1. The van der Waals surface area contributed by atoms with Crippen molar-refractivity contribution >= 4 is 16.2 Å². The predicted octanol–water partition coefficient (Wildman–Crippen LogP) is 0.677. The lowest BCUT2D eigenvalue weighted by atomic mass is 9.61. The van der Waals surface area contributed by atoms with Gasteiger partial charge < -0.3 is 10.4 Å². The van der Waals surface area contributed by atoms with E-state index in [0.29, 0.717) is 12.0 Å². The summed E-state index contributed by atoms with van der Waals surface area (Å²) in [6.45, 7) is 4.70. The number of nitrogens with two attached hydrogens (primary N) is 1. The smallest absolute Gasteiger partial charge is 0.475 e. The number of nitrogens with one attached hydrogen (secondary N) is 1. The van der Waals surface area contributed by atoms with Gasteiger partial charge in [0.15, 0.2) is 0 Å². The van der Waals surface area contributed by atoms with Crippen LogP contribution < -0.4 is 10.5 Å². The van der Waals surface area contributed by atoms with Crippen LogP contribution in [0.3, 0.4) is 0 Å². The summed E-state index contributed by atoms with van der Waals surface area (Å²) in [5.41, 5.74) is 0.389. The lowest BCUT2D eigenvalue weighted by Gasteiger charge is -2.56. The van der Waals surface area contributed by atoms with E-state index in [1.807, 2.05) is 0 Å². The van der Waals surface area contributed by atoms with E-state index in [2.05, 4.69) is 12.2 Å². The van der Waals surface area contributed by atoms with Crippen LogP contribution in [-0.4, -0.2) is 55.7 Å². The van der Waals surface area contributed by atoms with Crippen LogP contribution >= 0.6 is 0 Å². The fourth-order valence-electron chi connectivity index (χ4n) is 2.74. The third-order valence-corrected chi connectivity index (χ3v) is 5.18. The Bertz CT molecular complexity index is 512. The Hall–Kier alpha value is -0.910. The number of halogens is 3. The number of rotatable bonds is 5. The van der Waals surface area contributed by atoms with Crippen molar-refractivity contribution in [3.63, 3.8) is 0 Å². The van der Waals surface area contributed by atoms with Crippen molar-refractivity contribution in [1.29, 1.82) is 0 Å². The Balaban J connectivity index is 0.000000322. The maximum Gasteiger partial charge on any atom is 0.490 e. The zero-order chi connectivity index (χ0) is 17.9. The van der Waals surface area contributed by atoms with E-state index in [0.717, 1.165) is 38.8 Å². The lowest BCUT2D eigenvalue weighted by molar-refractivity contribution is -0.192. The molecular formula is C12H22F3N3O4S. The summed E-state index contributed by atoms with van der Waals surface area (Å²) in [6.07, 6.45) is -1.26. The molecule has 4 N–H and O–H groups in total. The van der Waals surface area contributed by atoms with Gasteiger partial charge in [-0.3, -0.25) is 0 Å². The van der Waals surface area contributed by atoms with Gasteiger partial charge >= 0.3 is 12.1 Å². The Kier molecular flexibility index (Phi) is 6.41. The van der Waals surface area contributed by atoms with Crippen molar-refractivity contribution in [3.8, 4) is 0 Å². The maximum absolute atomic E-state index is 11.5. The SMILES string of the molecule is CCCCN(C1CC2(CNC2)C1)S(N)(=O)=O.O=C(O)C(F)(F)F. The maximum atomic E-state index is 11.5. The topological polar surface area (TPSA) is 113 Å². The summed E-state index contributed by atoms with van der Waals surface area (Å²) in [5.74, 6) is -2.76. The first-order valence-electron chi connectivity index (χ1n) is 7.22. The van der Waals surface area contributed by atoms with Crippen molar-refractivity contribution in [2.45, 2.75) is 44.8 Å². The molecule has 11 heteroatoms. The number of alkyl halides is 3. The molecule has 0 atom stereocenters. The van der Waals surface area contributed by atoms with Crippen molar-refractivity contribution in [1.82, 2.24) is 9.62 Å². The molecule has 2 aliphatic rings. The highest BCUT2D eigenvalue weighted by atomic mass is 32.2. The van der Waals surface area contributed by atoms with E-state index < -0.39 is 22.4 Å². The Morgan fingerprint density at radius 1 is 1.39 bits per heavy atom. The van der Waals surface area contributed by atoms with Crippen LogP contribution in [0.4, 0.5) is 13.2 Å². The number of aliphatic carboxylic acids is 1. The number of hydrogen-bond acceptors (Lipinski definition) is 4. The summed E-state index contributed by atoms with van der Waals surface area (Å²) in [5, 5.41) is 15.6. The van der Waals surface area contributed by atoms with Crippen LogP contribution in [0.25, 0.3) is 0 Å². The summed E-state index contributed by atoms with van der Waals surface area (Å²) in [6, 6.07) is 0.142. The molecule has 1 aliphatic heterocycles. The Morgan fingerprint density at radius 3 is 2.13 bits per heavy atom. The molecule has 23 heavy (non-hydrogen) atoms. The molecule has 0 aromatic heterocycles. The van der Waals surface area contributed by atoms with Crippen LogP contribution in [0.5, 0.6) is 0 Å². The minimum absolute atomic E-state index is 0.142. The van der Waals surface area contributed by atoms with Gasteiger partial charge in [0.25, 0.3) is 10.2 Å². The average molecular weight is 361 g/mol. The number of hydrogen-bond donors (Lipinski definition) is 3. The highest BCUT2D eigenvalue weighted by molar-refractivity contribution is 7.86. The number of unbranched alkanes of at least 4 members (excludes halogenated alkanes) is 1. The van der Waals surface area contributed by atoms with Crippen molar-refractivity contribution in [3.05, 3.63) is 0 Å².